The molecule has 0 aliphatic carbocycles. The molecule has 0 radical (unpaired) electrons. The number of para-hydroxylation sites is 1. The van der Waals surface area contributed by atoms with Gasteiger partial charge in [0.1, 0.15) is 54.3 Å². The van der Waals surface area contributed by atoms with Crippen LogP contribution in [0.4, 0.5) is 24.2 Å². The lowest BCUT2D eigenvalue weighted by atomic mass is 9.95. The monoisotopic (exact) mass is 1120 g/mol. The van der Waals surface area contributed by atoms with E-state index in [-0.39, 0.29) is 103 Å². The summed E-state index contributed by atoms with van der Waals surface area (Å²) in [6, 6.07) is 12.2. The van der Waals surface area contributed by atoms with Crippen LogP contribution in [-0.2, 0) is 30.8 Å². The van der Waals surface area contributed by atoms with Gasteiger partial charge in [-0.2, -0.15) is 9.97 Å². The van der Waals surface area contributed by atoms with Gasteiger partial charge in [-0.25, -0.2) is 23.2 Å². The fraction of sp³-hybridized carbons (Fsp3) is 0.475. The summed E-state index contributed by atoms with van der Waals surface area (Å²) in [4.78, 5) is 87.2. The number of carbonyl (C=O) groups is 4. The first kappa shape index (κ1) is 54.4. The van der Waals surface area contributed by atoms with Crippen molar-refractivity contribution in [3.05, 3.63) is 88.0 Å². The maximum Gasteiger partial charge on any atom is 0.410 e. The fourth-order valence-electron chi connectivity index (χ4n) is 13.4. The van der Waals surface area contributed by atoms with Crippen LogP contribution in [-0.4, -0.2) is 151 Å². The number of anilines is 1. The third-order valence-electron chi connectivity index (χ3n) is 17.3. The van der Waals surface area contributed by atoms with Crippen LogP contribution in [0.25, 0.3) is 44.0 Å². The van der Waals surface area contributed by atoms with E-state index in [9.17, 15) is 24.0 Å². The van der Waals surface area contributed by atoms with Crippen LogP contribution in [0, 0.1) is 35.8 Å². The average molecular weight is 1120 g/mol. The van der Waals surface area contributed by atoms with Crippen molar-refractivity contribution in [2.45, 2.75) is 126 Å². The summed E-state index contributed by atoms with van der Waals surface area (Å²) < 4.78 is 60.1. The quantitative estimate of drug-likeness (QED) is 0.105. The normalized spacial score (nSPS) is 23.0. The predicted molar refractivity (Wildman–Crippen MR) is 300 cm³/mol. The van der Waals surface area contributed by atoms with Crippen LogP contribution in [0.2, 0.25) is 0 Å². The van der Waals surface area contributed by atoms with Crippen LogP contribution >= 0.6 is 0 Å². The van der Waals surface area contributed by atoms with Crippen molar-refractivity contribution in [3.63, 3.8) is 0 Å². The Labute approximate surface area is 472 Å². The molecule has 6 aliphatic heterocycles. The number of halogens is 2. The van der Waals surface area contributed by atoms with E-state index in [0.717, 1.165) is 45.1 Å². The Morgan fingerprint density at radius 3 is 2.45 bits per heavy atom. The third-order valence-corrected chi connectivity index (χ3v) is 17.3. The number of rotatable bonds is 10. The van der Waals surface area contributed by atoms with Gasteiger partial charge in [-0.3, -0.25) is 38.8 Å². The maximum atomic E-state index is 17.5. The second kappa shape index (κ2) is 21.6. The topological polar surface area (TPSA) is 196 Å². The van der Waals surface area contributed by atoms with Crippen molar-refractivity contribution in [3.8, 4) is 41.5 Å². The van der Waals surface area contributed by atoms with E-state index in [1.807, 2.05) is 31.7 Å². The molecule has 3 unspecified atom stereocenters. The lowest BCUT2D eigenvalue weighted by molar-refractivity contribution is -0.135. The van der Waals surface area contributed by atoms with Gasteiger partial charge in [0, 0.05) is 62.8 Å². The molecule has 21 heteroatoms. The summed E-state index contributed by atoms with van der Waals surface area (Å²) in [5.74, 6) is 6.89. The van der Waals surface area contributed by atoms with Gasteiger partial charge < -0.3 is 28.7 Å². The number of aryl methyl sites for hydroxylation is 1. The number of terminal acetylenes is 1. The van der Waals surface area contributed by atoms with Gasteiger partial charge >= 0.3 is 23.9 Å². The first-order chi connectivity index (χ1) is 39.5. The molecule has 4 amide bonds. The number of aromatic nitrogens is 5. The lowest BCUT2D eigenvalue weighted by Crippen LogP contribution is -2.57. The molecule has 6 aliphatic rings. The van der Waals surface area contributed by atoms with E-state index in [2.05, 4.69) is 37.9 Å². The molecule has 6 saturated heterocycles. The van der Waals surface area contributed by atoms with Crippen LogP contribution in [0.3, 0.4) is 0 Å². The van der Waals surface area contributed by atoms with Crippen LogP contribution in [0.1, 0.15) is 102 Å². The number of ether oxygens (including phenoxy) is 4. The lowest BCUT2D eigenvalue weighted by Gasteiger charge is -2.42. The first-order valence-electron chi connectivity index (χ1n) is 28.2. The minimum Gasteiger partial charge on any atom is -0.461 e. The minimum atomic E-state index is -0.796. The second-order valence-electron chi connectivity index (χ2n) is 23.4. The van der Waals surface area contributed by atoms with E-state index >= 15 is 8.78 Å². The predicted octanol–water partition coefficient (Wildman–Crippen LogP) is 7.37. The van der Waals surface area contributed by atoms with Crippen molar-refractivity contribution in [1.82, 2.24) is 44.1 Å². The van der Waals surface area contributed by atoms with Crippen molar-refractivity contribution < 1.29 is 46.9 Å². The number of hydrogen-bond donors (Lipinski definition) is 1. The summed E-state index contributed by atoms with van der Waals surface area (Å²) in [6.07, 6.45) is 12.9. The summed E-state index contributed by atoms with van der Waals surface area (Å²) in [5.41, 5.74) is 0.558. The molecule has 426 valence electrons. The summed E-state index contributed by atoms with van der Waals surface area (Å²) in [5, 5.41) is 3.68. The number of imide groups is 1. The Morgan fingerprint density at radius 2 is 1.70 bits per heavy atom. The molecule has 0 spiro atoms. The van der Waals surface area contributed by atoms with Crippen molar-refractivity contribution in [2.75, 3.05) is 57.4 Å². The molecule has 3 aromatic carbocycles. The third kappa shape index (κ3) is 10.0. The summed E-state index contributed by atoms with van der Waals surface area (Å²) >= 11 is 0. The molecule has 3 aromatic heterocycles. The van der Waals surface area contributed by atoms with Gasteiger partial charge in [-0.05, 0) is 109 Å². The first-order valence-corrected chi connectivity index (χ1v) is 28.2. The zero-order valence-electron chi connectivity index (χ0n) is 46.3. The van der Waals surface area contributed by atoms with E-state index < -0.39 is 34.7 Å². The fourth-order valence-corrected chi connectivity index (χ4v) is 13.4. The van der Waals surface area contributed by atoms with Gasteiger partial charge in [-0.15, -0.1) is 6.42 Å². The Balaban J connectivity index is 0.704. The van der Waals surface area contributed by atoms with E-state index in [4.69, 9.17) is 35.3 Å². The van der Waals surface area contributed by atoms with Gasteiger partial charge in [0.2, 0.25) is 11.8 Å². The molecular weight excluding hydrogens is 1050 g/mol. The van der Waals surface area contributed by atoms with Gasteiger partial charge in [0.25, 0.3) is 0 Å². The Hall–Kier alpha value is -8.14. The van der Waals surface area contributed by atoms with E-state index in [1.165, 1.54) is 15.2 Å². The number of nitrogens with one attached hydrogen (secondary N) is 1. The molecule has 5 atom stereocenters. The van der Waals surface area contributed by atoms with Crippen LogP contribution in [0.5, 0.6) is 6.01 Å². The highest BCUT2D eigenvalue weighted by Gasteiger charge is 2.51. The number of carbonyl (C=O) groups excluding carboxylic acids is 4. The molecule has 1 N–H and O–H groups in total. The van der Waals surface area contributed by atoms with E-state index in [0.29, 0.717) is 83.2 Å². The van der Waals surface area contributed by atoms with Crippen molar-refractivity contribution in [1.29, 1.82) is 0 Å². The molecule has 6 aromatic rings. The number of amides is 4. The Morgan fingerprint density at radius 1 is 0.915 bits per heavy atom. The van der Waals surface area contributed by atoms with E-state index in [1.54, 1.807) is 54.5 Å². The minimum absolute atomic E-state index is 0.00329. The molecule has 0 saturated carbocycles. The largest absolute Gasteiger partial charge is 0.461 e. The molecule has 6 fully saturated rings. The number of benzene rings is 3. The number of hydrogen-bond acceptors (Lipinski definition) is 14. The molecule has 9 heterocycles. The molecular formula is C61H64F2N10O9. The van der Waals surface area contributed by atoms with Gasteiger partial charge in [0.15, 0.2) is 5.82 Å². The smallest absolute Gasteiger partial charge is 0.410 e. The molecule has 19 nitrogen and oxygen atoms in total. The zero-order chi connectivity index (χ0) is 57.2. The molecule has 12 rings (SSSR count). The van der Waals surface area contributed by atoms with Gasteiger partial charge in [0.05, 0.1) is 51.3 Å². The van der Waals surface area contributed by atoms with Gasteiger partial charge in [-0.1, -0.05) is 48.1 Å². The van der Waals surface area contributed by atoms with Crippen molar-refractivity contribution in [2.24, 2.45) is 7.05 Å². The number of nitrogens with zero attached hydrogens (tertiary/aromatic N) is 9. The van der Waals surface area contributed by atoms with Crippen molar-refractivity contribution >= 4 is 62.5 Å². The SMILES string of the molecule is C#Cc1c(F)ccc2cccc(-c3ncc4c(N5CC6CCC(C5)N6C(=O)OC(C)(C)C)nc(OC[C@@]56CCCN5[C@H](COC(=O)N5CCC(OCC#Cc7cccc8c7n(C)c(=O)n8C7CCC(=O)NC7=O)CC5)CC6)nc4c3F)c12. The highest BCUT2D eigenvalue weighted by Crippen LogP contribution is 2.44. The molecule has 2 bridgehead atoms. The number of likely N-dealkylation sites (tertiary alicyclic amines) is 1. The number of fused-ring (bicyclic) bond motifs is 6. The van der Waals surface area contributed by atoms with Crippen LogP contribution < -0.4 is 20.6 Å². The number of piperazine rings is 1. The highest BCUT2D eigenvalue weighted by atomic mass is 19.1. The average Bonchev–Trinajstić information content (AvgIpc) is 3.07. The summed E-state index contributed by atoms with van der Waals surface area (Å²) in [6.45, 7) is 8.60. The zero-order valence-corrected chi connectivity index (χ0v) is 46.3. The second-order valence-corrected chi connectivity index (χ2v) is 23.4. The molecule has 82 heavy (non-hydrogen) atoms. The Bertz CT molecular complexity index is 3740. The standard InChI is InChI=1S/C61H64F2N10O9/c1-6-42-45(62)19-16-36-11-7-14-43(49(36)42)51-50(63)52-44(31-64-51)54(70-32-38-17-18-39(33-70)72(38)59(78)82-60(2,3)4)67-56(66-52)81-35-61-25-10-27-71(61)40(22-26-61)34-80-58(77)69-28-23-41(24-29-69)79-30-9-13-37-12-8-15-46-53(37)68(5)57(76)73(46)47-20-21-48(74)65-55(47)75/h1,7-8,11-12,14-16,19,31,38-41,47H,10,17-18,20-30,32-35H2,2-5H3,(H,65,74,75)/t38?,39?,40-,47?,61-/m0/s1. The number of imidazole rings is 1. The Kier molecular flexibility index (Phi) is 14.4. The maximum absolute atomic E-state index is 17.5. The van der Waals surface area contributed by atoms with Crippen LogP contribution in [0.15, 0.2) is 59.5 Å². The number of pyridine rings is 1. The number of piperidine rings is 2. The summed E-state index contributed by atoms with van der Waals surface area (Å²) in [7, 11) is 1.63. The highest BCUT2D eigenvalue weighted by molar-refractivity contribution is 6.02.